The molecule has 0 aromatic heterocycles. The van der Waals surface area contributed by atoms with Gasteiger partial charge in [-0.2, -0.15) is 0 Å². The van der Waals surface area contributed by atoms with Crippen LogP contribution >= 0.6 is 0 Å². The van der Waals surface area contributed by atoms with Crippen LogP contribution in [-0.4, -0.2) is 37.5 Å². The van der Waals surface area contributed by atoms with E-state index in [4.69, 9.17) is 9.84 Å². The number of ether oxygens (including phenoxy) is 1. The van der Waals surface area contributed by atoms with Crippen molar-refractivity contribution in [3.63, 3.8) is 0 Å². The molecule has 1 rings (SSSR count). The lowest BCUT2D eigenvalue weighted by Gasteiger charge is -2.22. The average molecular weight is 145 g/mol. The predicted molar refractivity (Wildman–Crippen MR) is 38.9 cm³/mol. The number of piperidine rings is 1. The molecule has 60 valence electrons. The van der Waals surface area contributed by atoms with Crippen LogP contribution in [0.1, 0.15) is 12.8 Å². The van der Waals surface area contributed by atoms with Gasteiger partial charge >= 0.3 is 0 Å². The molecule has 0 aromatic rings. The fourth-order valence-corrected chi connectivity index (χ4v) is 1.18. The van der Waals surface area contributed by atoms with E-state index in [2.05, 4.69) is 5.32 Å². The van der Waals surface area contributed by atoms with Crippen molar-refractivity contribution in [1.82, 2.24) is 5.32 Å². The number of aliphatic hydroxyl groups is 1. The molecule has 1 saturated heterocycles. The van der Waals surface area contributed by atoms with Gasteiger partial charge in [0, 0.05) is 0 Å². The lowest BCUT2D eigenvalue weighted by molar-refractivity contribution is 0.0126. The van der Waals surface area contributed by atoms with Crippen molar-refractivity contribution >= 4 is 0 Å². The van der Waals surface area contributed by atoms with Crippen molar-refractivity contribution in [2.45, 2.75) is 18.9 Å². The summed E-state index contributed by atoms with van der Waals surface area (Å²) in [5.74, 6) is 0. The Hall–Kier alpha value is -0.120. The number of aliphatic hydroxyl groups excluding tert-OH is 1. The average Bonchev–Trinajstić information content (AvgIpc) is 2.03. The first-order chi connectivity index (χ1) is 4.93. The fraction of sp³-hybridized carbons (Fsp3) is 1.00. The van der Waals surface area contributed by atoms with Gasteiger partial charge < -0.3 is 15.2 Å². The van der Waals surface area contributed by atoms with Crippen molar-refractivity contribution in [3.8, 4) is 0 Å². The largest absolute Gasteiger partial charge is 0.394 e. The Balaban J connectivity index is 2.02. The number of hydrogen-bond acceptors (Lipinski definition) is 3. The smallest absolute Gasteiger partial charge is 0.0701 e. The van der Waals surface area contributed by atoms with E-state index in [-0.39, 0.29) is 6.61 Å². The SMILES string of the molecule is OCCOC1CCNCC1. The monoisotopic (exact) mass is 145 g/mol. The Kier molecular flexibility index (Phi) is 3.72. The van der Waals surface area contributed by atoms with E-state index in [0.29, 0.717) is 12.7 Å². The van der Waals surface area contributed by atoms with Crippen LogP contribution in [0.25, 0.3) is 0 Å². The Morgan fingerprint density at radius 1 is 1.40 bits per heavy atom. The molecule has 0 aliphatic carbocycles. The van der Waals surface area contributed by atoms with Crippen LogP contribution < -0.4 is 5.32 Å². The van der Waals surface area contributed by atoms with Gasteiger partial charge in [0.25, 0.3) is 0 Å². The minimum Gasteiger partial charge on any atom is -0.394 e. The molecule has 1 aliphatic heterocycles. The Labute approximate surface area is 61.4 Å². The molecule has 1 aliphatic rings. The fourth-order valence-electron chi connectivity index (χ4n) is 1.18. The molecule has 0 unspecified atom stereocenters. The molecule has 0 radical (unpaired) electrons. The molecule has 2 N–H and O–H groups in total. The van der Waals surface area contributed by atoms with Crippen molar-refractivity contribution in [3.05, 3.63) is 0 Å². The first-order valence-electron chi connectivity index (χ1n) is 3.86. The van der Waals surface area contributed by atoms with E-state index < -0.39 is 0 Å². The van der Waals surface area contributed by atoms with E-state index in [0.717, 1.165) is 25.9 Å². The molecule has 10 heavy (non-hydrogen) atoms. The highest BCUT2D eigenvalue weighted by atomic mass is 16.5. The Morgan fingerprint density at radius 3 is 2.70 bits per heavy atom. The number of rotatable bonds is 3. The second kappa shape index (κ2) is 4.66. The minimum absolute atomic E-state index is 0.143. The number of nitrogens with one attached hydrogen (secondary N) is 1. The van der Waals surface area contributed by atoms with Gasteiger partial charge in [-0.15, -0.1) is 0 Å². The normalized spacial score (nSPS) is 21.3. The first-order valence-corrected chi connectivity index (χ1v) is 3.86. The van der Waals surface area contributed by atoms with E-state index in [1.807, 2.05) is 0 Å². The summed E-state index contributed by atoms with van der Waals surface area (Å²) >= 11 is 0. The van der Waals surface area contributed by atoms with Crippen molar-refractivity contribution in [2.24, 2.45) is 0 Å². The van der Waals surface area contributed by atoms with Crippen molar-refractivity contribution < 1.29 is 9.84 Å². The summed E-state index contributed by atoms with van der Waals surface area (Å²) in [6.45, 7) is 2.74. The highest BCUT2D eigenvalue weighted by Crippen LogP contribution is 2.05. The summed E-state index contributed by atoms with van der Waals surface area (Å²) in [5.41, 5.74) is 0. The summed E-state index contributed by atoms with van der Waals surface area (Å²) in [6, 6.07) is 0. The standard InChI is InChI=1S/C7H15NO2/c9-5-6-10-7-1-3-8-4-2-7/h7-9H,1-6H2. The lowest BCUT2D eigenvalue weighted by Crippen LogP contribution is -2.32. The van der Waals surface area contributed by atoms with Gasteiger partial charge in [-0.05, 0) is 25.9 Å². The maximum Gasteiger partial charge on any atom is 0.0701 e. The molecule has 3 heteroatoms. The molecular formula is C7H15NO2. The van der Waals surface area contributed by atoms with Crippen LogP contribution in [0.4, 0.5) is 0 Å². The zero-order valence-corrected chi connectivity index (χ0v) is 6.18. The van der Waals surface area contributed by atoms with E-state index in [9.17, 15) is 0 Å². The van der Waals surface area contributed by atoms with Gasteiger partial charge in [0.05, 0.1) is 19.3 Å². The first kappa shape index (κ1) is 7.98. The third-order valence-electron chi connectivity index (χ3n) is 1.73. The van der Waals surface area contributed by atoms with Crippen LogP contribution in [-0.2, 0) is 4.74 Å². The summed E-state index contributed by atoms with van der Waals surface area (Å²) in [7, 11) is 0. The van der Waals surface area contributed by atoms with Gasteiger partial charge in [0.2, 0.25) is 0 Å². The highest BCUT2D eigenvalue weighted by molar-refractivity contribution is 4.67. The van der Waals surface area contributed by atoms with Gasteiger partial charge in [0.1, 0.15) is 0 Å². The van der Waals surface area contributed by atoms with Crippen molar-refractivity contribution in [2.75, 3.05) is 26.3 Å². The van der Waals surface area contributed by atoms with Crippen molar-refractivity contribution in [1.29, 1.82) is 0 Å². The molecule has 0 atom stereocenters. The minimum atomic E-state index is 0.143. The van der Waals surface area contributed by atoms with E-state index >= 15 is 0 Å². The molecule has 0 bridgehead atoms. The predicted octanol–water partition coefficient (Wildman–Crippen LogP) is -0.253. The summed E-state index contributed by atoms with van der Waals surface area (Å²) < 4.78 is 5.34. The lowest BCUT2D eigenvalue weighted by atomic mass is 10.1. The molecule has 0 amide bonds. The van der Waals surface area contributed by atoms with E-state index in [1.165, 1.54) is 0 Å². The van der Waals surface area contributed by atoms with Gasteiger partial charge in [-0.25, -0.2) is 0 Å². The summed E-state index contributed by atoms with van der Waals surface area (Å²) in [4.78, 5) is 0. The van der Waals surface area contributed by atoms with E-state index in [1.54, 1.807) is 0 Å². The highest BCUT2D eigenvalue weighted by Gasteiger charge is 2.11. The molecule has 1 heterocycles. The Morgan fingerprint density at radius 2 is 2.10 bits per heavy atom. The van der Waals surface area contributed by atoms with Crippen LogP contribution in [0.5, 0.6) is 0 Å². The third kappa shape index (κ3) is 2.64. The second-order valence-corrected chi connectivity index (χ2v) is 2.54. The molecule has 3 nitrogen and oxygen atoms in total. The van der Waals surface area contributed by atoms with Crippen LogP contribution in [0.2, 0.25) is 0 Å². The van der Waals surface area contributed by atoms with Crippen LogP contribution in [0, 0.1) is 0 Å². The zero-order chi connectivity index (χ0) is 7.23. The number of hydrogen-bond donors (Lipinski definition) is 2. The Bertz CT molecular complexity index is 81.7. The summed E-state index contributed by atoms with van der Waals surface area (Å²) in [6.07, 6.45) is 2.55. The molecule has 0 spiro atoms. The molecule has 1 fully saturated rings. The second-order valence-electron chi connectivity index (χ2n) is 2.54. The third-order valence-corrected chi connectivity index (χ3v) is 1.73. The van der Waals surface area contributed by atoms with Gasteiger partial charge in [0.15, 0.2) is 0 Å². The van der Waals surface area contributed by atoms with Gasteiger partial charge in [-0.3, -0.25) is 0 Å². The molecule has 0 aromatic carbocycles. The quantitative estimate of drug-likeness (QED) is 0.575. The maximum atomic E-state index is 8.46. The maximum absolute atomic E-state index is 8.46. The van der Waals surface area contributed by atoms with Crippen LogP contribution in [0.3, 0.4) is 0 Å². The topological polar surface area (TPSA) is 41.5 Å². The molecular weight excluding hydrogens is 130 g/mol. The van der Waals surface area contributed by atoms with Gasteiger partial charge in [-0.1, -0.05) is 0 Å². The zero-order valence-electron chi connectivity index (χ0n) is 6.18. The summed E-state index contributed by atoms with van der Waals surface area (Å²) in [5, 5.41) is 11.7. The van der Waals surface area contributed by atoms with Crippen LogP contribution in [0.15, 0.2) is 0 Å². The molecule has 0 saturated carbocycles.